The number of hydrogen-bond acceptors (Lipinski definition) is 2. The second-order valence-electron chi connectivity index (χ2n) is 6.47. The van der Waals surface area contributed by atoms with Crippen LogP contribution < -0.4 is 11.1 Å². The lowest BCUT2D eigenvalue weighted by Crippen LogP contribution is -2.50. The highest BCUT2D eigenvalue weighted by Crippen LogP contribution is 2.31. The van der Waals surface area contributed by atoms with Crippen LogP contribution in [0.15, 0.2) is 24.3 Å². The third-order valence-corrected chi connectivity index (χ3v) is 4.32. The van der Waals surface area contributed by atoms with Gasteiger partial charge < -0.3 is 11.1 Å². The second-order valence-corrected chi connectivity index (χ2v) is 6.47. The number of rotatable bonds is 3. The fourth-order valence-corrected chi connectivity index (χ4v) is 2.74. The van der Waals surface area contributed by atoms with Crippen LogP contribution in [-0.2, 0) is 10.2 Å². The fourth-order valence-electron chi connectivity index (χ4n) is 2.74. The van der Waals surface area contributed by atoms with Crippen LogP contribution in [-0.4, -0.2) is 11.4 Å². The molecule has 1 fully saturated rings. The van der Waals surface area contributed by atoms with E-state index in [-0.39, 0.29) is 11.4 Å². The molecule has 0 radical (unpaired) electrons. The summed E-state index contributed by atoms with van der Waals surface area (Å²) in [5.41, 5.74) is 6.87. The van der Waals surface area contributed by atoms with E-state index < -0.39 is 5.41 Å². The maximum atomic E-state index is 12.6. The van der Waals surface area contributed by atoms with Crippen LogP contribution in [0, 0.1) is 0 Å². The minimum atomic E-state index is -0.528. The number of nitrogens with two attached hydrogens (primary N) is 1. The Morgan fingerprint density at radius 3 is 2.26 bits per heavy atom. The van der Waals surface area contributed by atoms with Crippen molar-refractivity contribution in [2.24, 2.45) is 0 Å². The zero-order chi connectivity index (χ0) is 14.1. The van der Waals surface area contributed by atoms with E-state index in [1.807, 2.05) is 38.1 Å². The van der Waals surface area contributed by atoms with Gasteiger partial charge in [-0.1, -0.05) is 25.0 Å². The largest absolute Gasteiger partial charge is 0.399 e. The lowest BCUT2D eigenvalue weighted by molar-refractivity contribution is -0.127. The van der Waals surface area contributed by atoms with E-state index >= 15 is 0 Å². The first-order valence-electron chi connectivity index (χ1n) is 7.02. The molecular formula is C16H24N2O. The lowest BCUT2D eigenvalue weighted by Gasteiger charge is -2.32. The minimum Gasteiger partial charge on any atom is -0.399 e. The van der Waals surface area contributed by atoms with Crippen molar-refractivity contribution in [1.29, 1.82) is 0 Å². The molecule has 3 N–H and O–H groups in total. The molecule has 19 heavy (non-hydrogen) atoms. The molecule has 1 aliphatic carbocycles. The Bertz CT molecular complexity index is 456. The minimum absolute atomic E-state index is 0.0256. The van der Waals surface area contributed by atoms with Gasteiger partial charge in [0.1, 0.15) is 0 Å². The van der Waals surface area contributed by atoms with Gasteiger partial charge in [-0.15, -0.1) is 0 Å². The van der Waals surface area contributed by atoms with Gasteiger partial charge in [0.05, 0.1) is 5.41 Å². The Morgan fingerprint density at radius 2 is 1.74 bits per heavy atom. The van der Waals surface area contributed by atoms with E-state index in [0.29, 0.717) is 0 Å². The molecule has 1 aromatic rings. The quantitative estimate of drug-likeness (QED) is 0.821. The van der Waals surface area contributed by atoms with Crippen molar-refractivity contribution in [2.45, 2.75) is 57.4 Å². The zero-order valence-electron chi connectivity index (χ0n) is 12.1. The molecule has 1 aliphatic rings. The van der Waals surface area contributed by atoms with Gasteiger partial charge in [0.15, 0.2) is 0 Å². The number of anilines is 1. The first-order chi connectivity index (χ1) is 8.83. The van der Waals surface area contributed by atoms with Gasteiger partial charge in [-0.25, -0.2) is 0 Å². The van der Waals surface area contributed by atoms with E-state index in [1.54, 1.807) is 0 Å². The number of hydrogen-bond donors (Lipinski definition) is 2. The Labute approximate surface area is 115 Å². The van der Waals surface area contributed by atoms with Crippen molar-refractivity contribution in [3.63, 3.8) is 0 Å². The molecule has 0 bridgehead atoms. The van der Waals surface area contributed by atoms with Crippen LogP contribution in [0.3, 0.4) is 0 Å². The van der Waals surface area contributed by atoms with Crippen molar-refractivity contribution < 1.29 is 4.79 Å². The topological polar surface area (TPSA) is 55.1 Å². The molecule has 0 unspecified atom stereocenters. The predicted octanol–water partition coefficient (Wildman–Crippen LogP) is 3.00. The van der Waals surface area contributed by atoms with Crippen molar-refractivity contribution in [3.05, 3.63) is 29.8 Å². The number of carbonyl (C=O) groups is 1. The van der Waals surface area contributed by atoms with Crippen LogP contribution in [0.1, 0.15) is 52.0 Å². The molecule has 3 heteroatoms. The molecule has 0 aromatic heterocycles. The molecule has 0 atom stereocenters. The summed E-state index contributed by atoms with van der Waals surface area (Å²) in [6, 6.07) is 7.57. The lowest BCUT2D eigenvalue weighted by atomic mass is 9.82. The average Bonchev–Trinajstić information content (AvgIpc) is 2.76. The maximum Gasteiger partial charge on any atom is 0.230 e. The monoisotopic (exact) mass is 260 g/mol. The third kappa shape index (κ3) is 2.91. The number of benzene rings is 1. The molecule has 1 aromatic carbocycles. The number of nitrogen functional groups attached to an aromatic ring is 1. The Kier molecular flexibility index (Phi) is 3.57. The van der Waals surface area contributed by atoms with Crippen molar-refractivity contribution >= 4 is 11.6 Å². The highest BCUT2D eigenvalue weighted by molar-refractivity contribution is 5.88. The first-order valence-corrected chi connectivity index (χ1v) is 7.02. The summed E-state index contributed by atoms with van der Waals surface area (Å²) in [7, 11) is 0. The molecule has 3 nitrogen and oxygen atoms in total. The normalized spacial score (nSPS) is 18.3. The highest BCUT2D eigenvalue weighted by Gasteiger charge is 2.36. The molecule has 0 saturated heterocycles. The van der Waals surface area contributed by atoms with E-state index in [1.165, 1.54) is 12.8 Å². The summed E-state index contributed by atoms with van der Waals surface area (Å²) in [5.74, 6) is 0.0988. The fraction of sp³-hybridized carbons (Fsp3) is 0.562. The summed E-state index contributed by atoms with van der Waals surface area (Å²) in [6.07, 6.45) is 4.57. The van der Waals surface area contributed by atoms with Gasteiger partial charge >= 0.3 is 0 Å². The highest BCUT2D eigenvalue weighted by atomic mass is 16.2. The van der Waals surface area contributed by atoms with Crippen LogP contribution in [0.25, 0.3) is 0 Å². The van der Waals surface area contributed by atoms with E-state index in [4.69, 9.17) is 5.73 Å². The first kappa shape index (κ1) is 13.9. The SMILES string of the molecule is CC1(NC(=O)C(C)(C)c2ccc(N)cc2)CCCC1. The molecule has 1 saturated carbocycles. The molecule has 0 spiro atoms. The Balaban J connectivity index is 2.14. The van der Waals surface area contributed by atoms with Gasteiger partial charge in [-0.05, 0) is 51.3 Å². The van der Waals surface area contributed by atoms with Crippen LogP contribution >= 0.6 is 0 Å². The second kappa shape index (κ2) is 4.87. The summed E-state index contributed by atoms with van der Waals surface area (Å²) >= 11 is 0. The summed E-state index contributed by atoms with van der Waals surface area (Å²) in [6.45, 7) is 6.08. The molecule has 104 valence electrons. The summed E-state index contributed by atoms with van der Waals surface area (Å²) in [5, 5.41) is 3.24. The maximum absolute atomic E-state index is 12.6. The van der Waals surface area contributed by atoms with Crippen LogP contribution in [0.2, 0.25) is 0 Å². The van der Waals surface area contributed by atoms with Gasteiger partial charge in [-0.2, -0.15) is 0 Å². The van der Waals surface area contributed by atoms with Crippen molar-refractivity contribution in [1.82, 2.24) is 5.32 Å². The standard InChI is InChI=1S/C16H24N2O/c1-15(2,12-6-8-13(17)9-7-12)14(19)18-16(3)10-4-5-11-16/h6-9H,4-5,10-11,17H2,1-3H3,(H,18,19). The Morgan fingerprint density at radius 1 is 1.21 bits per heavy atom. The summed E-state index contributed by atoms with van der Waals surface area (Å²) < 4.78 is 0. The summed E-state index contributed by atoms with van der Waals surface area (Å²) in [4.78, 5) is 12.6. The van der Waals surface area contributed by atoms with Crippen LogP contribution in [0.5, 0.6) is 0 Å². The third-order valence-electron chi connectivity index (χ3n) is 4.32. The van der Waals surface area contributed by atoms with E-state index in [0.717, 1.165) is 24.1 Å². The van der Waals surface area contributed by atoms with Crippen molar-refractivity contribution in [2.75, 3.05) is 5.73 Å². The van der Waals surface area contributed by atoms with E-state index in [2.05, 4.69) is 12.2 Å². The van der Waals surface area contributed by atoms with Gasteiger partial charge in [-0.3, -0.25) is 4.79 Å². The van der Waals surface area contributed by atoms with Gasteiger partial charge in [0.25, 0.3) is 0 Å². The molecular weight excluding hydrogens is 236 g/mol. The molecule has 0 heterocycles. The van der Waals surface area contributed by atoms with E-state index in [9.17, 15) is 4.79 Å². The van der Waals surface area contributed by atoms with Gasteiger partial charge in [0, 0.05) is 11.2 Å². The number of carbonyl (C=O) groups excluding carboxylic acids is 1. The zero-order valence-corrected chi connectivity index (χ0v) is 12.1. The smallest absolute Gasteiger partial charge is 0.230 e. The Hall–Kier alpha value is -1.51. The predicted molar refractivity (Wildman–Crippen MR) is 78.9 cm³/mol. The number of nitrogens with one attached hydrogen (secondary N) is 1. The van der Waals surface area contributed by atoms with Crippen LogP contribution in [0.4, 0.5) is 5.69 Å². The average molecular weight is 260 g/mol. The van der Waals surface area contributed by atoms with Crippen molar-refractivity contribution in [3.8, 4) is 0 Å². The molecule has 0 aliphatic heterocycles. The number of amides is 1. The van der Waals surface area contributed by atoms with Gasteiger partial charge in [0.2, 0.25) is 5.91 Å². The molecule has 2 rings (SSSR count). The molecule has 1 amide bonds.